The number of carbonyl (C=O) groups is 1. The molecular formula is C14H19IN2O2. The molecule has 1 fully saturated rings. The number of hydrogen-bond donors (Lipinski definition) is 2. The van der Waals surface area contributed by atoms with E-state index in [1.165, 1.54) is 6.42 Å². The van der Waals surface area contributed by atoms with E-state index in [4.69, 9.17) is 0 Å². The van der Waals surface area contributed by atoms with Crippen LogP contribution in [-0.2, 0) is 0 Å². The van der Waals surface area contributed by atoms with Gasteiger partial charge in [0, 0.05) is 24.7 Å². The fourth-order valence-corrected chi connectivity index (χ4v) is 2.70. The van der Waals surface area contributed by atoms with Crippen molar-refractivity contribution in [3.05, 3.63) is 27.3 Å². The van der Waals surface area contributed by atoms with E-state index in [-0.39, 0.29) is 11.7 Å². The van der Waals surface area contributed by atoms with E-state index in [1.54, 1.807) is 18.2 Å². The van der Waals surface area contributed by atoms with Crippen molar-refractivity contribution in [1.82, 2.24) is 10.2 Å². The number of likely N-dealkylation sites (N-methyl/N-ethyl adjacent to an activating group) is 1. The second-order valence-electron chi connectivity index (χ2n) is 4.80. The molecule has 19 heavy (non-hydrogen) atoms. The summed E-state index contributed by atoms with van der Waals surface area (Å²) in [6, 6.07) is 5.50. The number of rotatable bonds is 4. The number of aromatic hydroxyl groups is 1. The fourth-order valence-electron chi connectivity index (χ4n) is 2.36. The van der Waals surface area contributed by atoms with Gasteiger partial charge in [0.25, 0.3) is 5.91 Å². The number of nitrogens with zero attached hydrogens (tertiary/aromatic N) is 1. The third kappa shape index (κ3) is 3.60. The van der Waals surface area contributed by atoms with Crippen LogP contribution in [0.1, 0.15) is 30.1 Å². The molecule has 0 aliphatic carbocycles. The minimum atomic E-state index is -0.0112. The molecule has 1 aromatic carbocycles. The lowest BCUT2D eigenvalue weighted by molar-refractivity contribution is 0.0751. The normalized spacial score (nSPS) is 18.5. The second kappa shape index (κ2) is 6.56. The number of hydrogen-bond acceptors (Lipinski definition) is 3. The Labute approximate surface area is 127 Å². The van der Waals surface area contributed by atoms with Crippen LogP contribution in [0.4, 0.5) is 0 Å². The molecule has 1 saturated heterocycles. The SMILES string of the molecule is CCN(CC1CCCN1)C(=O)c1ccc(I)c(O)c1. The van der Waals surface area contributed by atoms with E-state index < -0.39 is 0 Å². The molecule has 1 heterocycles. The molecule has 1 unspecified atom stereocenters. The molecule has 1 aromatic rings. The van der Waals surface area contributed by atoms with E-state index in [9.17, 15) is 9.90 Å². The largest absolute Gasteiger partial charge is 0.507 e. The van der Waals surface area contributed by atoms with Crippen LogP contribution < -0.4 is 5.32 Å². The van der Waals surface area contributed by atoms with E-state index in [0.29, 0.717) is 18.2 Å². The number of phenols is 1. The third-order valence-electron chi connectivity index (χ3n) is 3.47. The minimum Gasteiger partial charge on any atom is -0.507 e. The standard InChI is InChI=1S/C14H19IN2O2/c1-2-17(9-11-4-3-7-16-11)14(19)10-5-6-12(15)13(18)8-10/h5-6,8,11,16,18H,2-4,7,9H2,1H3. The highest BCUT2D eigenvalue weighted by Crippen LogP contribution is 2.21. The summed E-state index contributed by atoms with van der Waals surface area (Å²) in [4.78, 5) is 14.2. The van der Waals surface area contributed by atoms with Gasteiger partial charge < -0.3 is 15.3 Å². The van der Waals surface area contributed by atoms with E-state index in [2.05, 4.69) is 5.32 Å². The van der Waals surface area contributed by atoms with Crippen molar-refractivity contribution >= 4 is 28.5 Å². The zero-order valence-corrected chi connectivity index (χ0v) is 13.2. The maximum absolute atomic E-state index is 12.4. The molecule has 1 amide bonds. The molecule has 0 radical (unpaired) electrons. The molecule has 0 bridgehead atoms. The topological polar surface area (TPSA) is 52.6 Å². The number of halogens is 1. The first-order chi connectivity index (χ1) is 9.11. The summed E-state index contributed by atoms with van der Waals surface area (Å²) in [5.41, 5.74) is 0.553. The Morgan fingerprint density at radius 3 is 2.95 bits per heavy atom. The zero-order chi connectivity index (χ0) is 13.8. The molecule has 5 heteroatoms. The van der Waals surface area contributed by atoms with Gasteiger partial charge in [-0.1, -0.05) is 0 Å². The molecule has 1 atom stereocenters. The molecule has 0 aromatic heterocycles. The Balaban J connectivity index is 2.08. The average molecular weight is 374 g/mol. The van der Waals surface area contributed by atoms with Gasteiger partial charge in [0.15, 0.2) is 0 Å². The highest BCUT2D eigenvalue weighted by atomic mass is 127. The quantitative estimate of drug-likeness (QED) is 0.795. The number of phenolic OH excluding ortho intramolecular Hbond substituents is 1. The molecule has 1 aliphatic heterocycles. The summed E-state index contributed by atoms with van der Waals surface area (Å²) in [5, 5.41) is 13.1. The van der Waals surface area contributed by atoms with Crippen LogP contribution in [0.5, 0.6) is 5.75 Å². The Kier molecular flexibility index (Phi) is 5.04. The van der Waals surface area contributed by atoms with Crippen LogP contribution in [0.2, 0.25) is 0 Å². The van der Waals surface area contributed by atoms with Crippen molar-refractivity contribution < 1.29 is 9.90 Å². The Bertz CT molecular complexity index is 459. The smallest absolute Gasteiger partial charge is 0.254 e. The number of benzene rings is 1. The van der Waals surface area contributed by atoms with Crippen LogP contribution >= 0.6 is 22.6 Å². The van der Waals surface area contributed by atoms with Gasteiger partial charge in [-0.15, -0.1) is 0 Å². The molecule has 0 saturated carbocycles. The van der Waals surface area contributed by atoms with Crippen LogP contribution in [0.3, 0.4) is 0 Å². The van der Waals surface area contributed by atoms with Crippen molar-refractivity contribution in [2.24, 2.45) is 0 Å². The number of nitrogens with one attached hydrogen (secondary N) is 1. The van der Waals surface area contributed by atoms with E-state index >= 15 is 0 Å². The first kappa shape index (κ1) is 14.6. The molecule has 104 valence electrons. The maximum atomic E-state index is 12.4. The average Bonchev–Trinajstić information content (AvgIpc) is 2.91. The number of amides is 1. The summed E-state index contributed by atoms with van der Waals surface area (Å²) in [5.74, 6) is 0.157. The first-order valence-corrected chi connectivity index (χ1v) is 7.71. The van der Waals surface area contributed by atoms with Gasteiger partial charge in [-0.2, -0.15) is 0 Å². The van der Waals surface area contributed by atoms with Crippen molar-refractivity contribution in [2.75, 3.05) is 19.6 Å². The Morgan fingerprint density at radius 1 is 1.58 bits per heavy atom. The fraction of sp³-hybridized carbons (Fsp3) is 0.500. The van der Waals surface area contributed by atoms with Crippen LogP contribution in [-0.4, -0.2) is 41.6 Å². The van der Waals surface area contributed by atoms with Crippen molar-refractivity contribution in [2.45, 2.75) is 25.8 Å². The molecule has 2 N–H and O–H groups in total. The van der Waals surface area contributed by atoms with Gasteiger partial charge in [-0.25, -0.2) is 0 Å². The summed E-state index contributed by atoms with van der Waals surface area (Å²) in [6.07, 6.45) is 2.31. The lowest BCUT2D eigenvalue weighted by Crippen LogP contribution is -2.41. The van der Waals surface area contributed by atoms with Gasteiger partial charge in [0.05, 0.1) is 3.57 Å². The molecule has 0 spiro atoms. The highest BCUT2D eigenvalue weighted by molar-refractivity contribution is 14.1. The minimum absolute atomic E-state index is 0.0112. The van der Waals surface area contributed by atoms with Gasteiger partial charge in [0.1, 0.15) is 5.75 Å². The van der Waals surface area contributed by atoms with Gasteiger partial charge in [-0.3, -0.25) is 4.79 Å². The molecule has 1 aliphatic rings. The summed E-state index contributed by atoms with van der Waals surface area (Å²) < 4.78 is 0.759. The predicted octanol–water partition coefficient (Wildman–Crippen LogP) is 2.21. The summed E-state index contributed by atoms with van der Waals surface area (Å²) in [6.45, 7) is 4.45. The summed E-state index contributed by atoms with van der Waals surface area (Å²) in [7, 11) is 0. The monoisotopic (exact) mass is 374 g/mol. The molecule has 4 nitrogen and oxygen atoms in total. The van der Waals surface area contributed by atoms with Gasteiger partial charge >= 0.3 is 0 Å². The predicted molar refractivity (Wildman–Crippen MR) is 83.4 cm³/mol. The van der Waals surface area contributed by atoms with Gasteiger partial charge in [-0.05, 0) is 67.1 Å². The van der Waals surface area contributed by atoms with E-state index in [1.807, 2.05) is 34.4 Å². The maximum Gasteiger partial charge on any atom is 0.254 e. The number of carbonyl (C=O) groups excluding carboxylic acids is 1. The van der Waals surface area contributed by atoms with Crippen molar-refractivity contribution in [1.29, 1.82) is 0 Å². The van der Waals surface area contributed by atoms with Crippen LogP contribution in [0.15, 0.2) is 18.2 Å². The highest BCUT2D eigenvalue weighted by Gasteiger charge is 2.21. The van der Waals surface area contributed by atoms with Crippen molar-refractivity contribution in [3.8, 4) is 5.75 Å². The van der Waals surface area contributed by atoms with Gasteiger partial charge in [0.2, 0.25) is 0 Å². The van der Waals surface area contributed by atoms with Crippen LogP contribution in [0.25, 0.3) is 0 Å². The second-order valence-corrected chi connectivity index (χ2v) is 5.97. The molecular weight excluding hydrogens is 355 g/mol. The van der Waals surface area contributed by atoms with E-state index in [0.717, 1.165) is 23.1 Å². The first-order valence-electron chi connectivity index (χ1n) is 6.63. The summed E-state index contributed by atoms with van der Waals surface area (Å²) >= 11 is 2.05. The van der Waals surface area contributed by atoms with Crippen LogP contribution in [0, 0.1) is 3.57 Å². The van der Waals surface area contributed by atoms with Crippen molar-refractivity contribution in [3.63, 3.8) is 0 Å². The zero-order valence-electron chi connectivity index (χ0n) is 11.0. The molecule has 2 rings (SSSR count). The lowest BCUT2D eigenvalue weighted by Gasteiger charge is -2.24. The Hall–Kier alpha value is -0.820. The lowest BCUT2D eigenvalue weighted by atomic mass is 10.1. The Morgan fingerprint density at radius 2 is 2.37 bits per heavy atom. The third-order valence-corrected chi connectivity index (χ3v) is 4.38.